The minimum Gasteiger partial charge on any atom is -0.472 e. The predicted molar refractivity (Wildman–Crippen MR) is 67.7 cm³/mol. The molecular formula is C14H9F3N2O2. The topological polar surface area (TPSA) is 47.5 Å². The average molecular weight is 294 g/mol. The molecule has 21 heavy (non-hydrogen) atoms. The van der Waals surface area contributed by atoms with E-state index >= 15 is 0 Å². The number of nitrogens with zero attached hydrogens (tertiary/aromatic N) is 2. The Morgan fingerprint density at radius 1 is 1.29 bits per heavy atom. The first-order valence-electron chi connectivity index (χ1n) is 6.04. The van der Waals surface area contributed by atoms with Crippen molar-refractivity contribution in [1.29, 1.82) is 0 Å². The van der Waals surface area contributed by atoms with Crippen molar-refractivity contribution in [1.82, 2.24) is 9.38 Å². The first kappa shape index (κ1) is 13.4. The van der Waals surface area contributed by atoms with Gasteiger partial charge in [0.05, 0.1) is 23.8 Å². The first-order chi connectivity index (χ1) is 9.99. The Balaban J connectivity index is 2.26. The monoisotopic (exact) mass is 294 g/mol. The summed E-state index contributed by atoms with van der Waals surface area (Å²) in [7, 11) is 0. The summed E-state index contributed by atoms with van der Waals surface area (Å²) >= 11 is 0. The number of furan rings is 1. The van der Waals surface area contributed by atoms with Gasteiger partial charge in [0, 0.05) is 29.9 Å². The van der Waals surface area contributed by atoms with E-state index < -0.39 is 11.7 Å². The van der Waals surface area contributed by atoms with Gasteiger partial charge in [0.1, 0.15) is 11.9 Å². The van der Waals surface area contributed by atoms with E-state index in [4.69, 9.17) is 4.42 Å². The number of halogens is 3. The van der Waals surface area contributed by atoms with Crippen LogP contribution in [-0.4, -0.2) is 15.7 Å². The zero-order valence-corrected chi connectivity index (χ0v) is 10.6. The van der Waals surface area contributed by atoms with Crippen molar-refractivity contribution in [2.45, 2.75) is 12.6 Å². The molecule has 0 amide bonds. The fourth-order valence-electron chi connectivity index (χ4n) is 2.13. The molecule has 0 saturated heterocycles. The Labute approximate surface area is 116 Å². The van der Waals surface area contributed by atoms with Crippen molar-refractivity contribution >= 4 is 11.9 Å². The fraction of sp³-hybridized carbons (Fsp3) is 0.143. The number of fused-ring (bicyclic) bond motifs is 1. The zero-order valence-electron chi connectivity index (χ0n) is 10.6. The zero-order chi connectivity index (χ0) is 15.0. The molecule has 3 aromatic rings. The van der Waals surface area contributed by atoms with Gasteiger partial charge in [0.25, 0.3) is 0 Å². The maximum Gasteiger partial charge on any atom is 0.420 e. The average Bonchev–Trinajstić information content (AvgIpc) is 3.05. The Hall–Kier alpha value is -2.57. The lowest BCUT2D eigenvalue weighted by atomic mass is 10.1. The third-order valence-electron chi connectivity index (χ3n) is 3.05. The van der Waals surface area contributed by atoms with Crippen LogP contribution in [0.4, 0.5) is 13.2 Å². The molecular weight excluding hydrogens is 285 g/mol. The van der Waals surface area contributed by atoms with E-state index in [-0.39, 0.29) is 12.1 Å². The Morgan fingerprint density at radius 2 is 2.10 bits per heavy atom. The second-order valence-electron chi connectivity index (χ2n) is 4.49. The van der Waals surface area contributed by atoms with Crippen LogP contribution in [0.2, 0.25) is 0 Å². The van der Waals surface area contributed by atoms with Gasteiger partial charge < -0.3 is 13.6 Å². The number of carbonyl (C=O) groups is 1. The summed E-state index contributed by atoms with van der Waals surface area (Å²) in [6.45, 7) is 0. The van der Waals surface area contributed by atoms with Crippen LogP contribution in [0, 0.1) is 0 Å². The van der Waals surface area contributed by atoms with Crippen molar-refractivity contribution in [2.75, 3.05) is 0 Å². The number of rotatable bonds is 3. The molecule has 3 rings (SSSR count). The van der Waals surface area contributed by atoms with Crippen LogP contribution in [0.25, 0.3) is 16.8 Å². The SMILES string of the molecule is O=CCc1cn2cc(-c3ccoc3)cc(C(F)(F)F)c2n1. The number of hydrogen-bond acceptors (Lipinski definition) is 3. The van der Waals surface area contributed by atoms with E-state index in [1.165, 1.54) is 29.3 Å². The Kier molecular flexibility index (Phi) is 3.04. The minimum absolute atomic E-state index is 0.0278. The highest BCUT2D eigenvalue weighted by Crippen LogP contribution is 2.35. The first-order valence-corrected chi connectivity index (χ1v) is 6.04. The molecule has 0 aliphatic carbocycles. The van der Waals surface area contributed by atoms with E-state index in [9.17, 15) is 18.0 Å². The number of carbonyl (C=O) groups excluding carboxylic acids is 1. The van der Waals surface area contributed by atoms with Crippen molar-refractivity contribution in [3.05, 3.63) is 48.3 Å². The molecule has 3 heterocycles. The summed E-state index contributed by atoms with van der Waals surface area (Å²) in [5.41, 5.74) is 0.122. The van der Waals surface area contributed by atoms with Crippen LogP contribution in [-0.2, 0) is 17.4 Å². The lowest BCUT2D eigenvalue weighted by molar-refractivity contribution is -0.136. The molecule has 0 aromatic carbocycles. The summed E-state index contributed by atoms with van der Waals surface area (Å²) in [6, 6.07) is 2.60. The molecule has 0 atom stereocenters. The van der Waals surface area contributed by atoms with Gasteiger partial charge in [-0.1, -0.05) is 0 Å². The molecule has 0 aliphatic rings. The van der Waals surface area contributed by atoms with E-state index in [1.807, 2.05) is 0 Å². The molecule has 0 unspecified atom stereocenters. The largest absolute Gasteiger partial charge is 0.472 e. The quantitative estimate of drug-likeness (QED) is 0.696. The molecule has 4 nitrogen and oxygen atoms in total. The summed E-state index contributed by atoms with van der Waals surface area (Å²) in [5, 5.41) is 0. The molecule has 0 saturated carbocycles. The fourth-order valence-corrected chi connectivity index (χ4v) is 2.13. The predicted octanol–water partition coefficient (Wildman–Crippen LogP) is 3.35. The van der Waals surface area contributed by atoms with Crippen molar-refractivity contribution < 1.29 is 22.4 Å². The summed E-state index contributed by atoms with van der Waals surface area (Å²) in [4.78, 5) is 14.4. The van der Waals surface area contributed by atoms with Crippen molar-refractivity contribution in [3.8, 4) is 11.1 Å². The van der Waals surface area contributed by atoms with Crippen molar-refractivity contribution in [2.24, 2.45) is 0 Å². The highest BCUT2D eigenvalue weighted by Gasteiger charge is 2.34. The lowest BCUT2D eigenvalue weighted by Crippen LogP contribution is -2.08. The van der Waals surface area contributed by atoms with Gasteiger partial charge in [0.15, 0.2) is 0 Å². The van der Waals surface area contributed by atoms with Crippen LogP contribution in [0.1, 0.15) is 11.3 Å². The molecule has 0 fully saturated rings. The molecule has 3 aromatic heterocycles. The van der Waals surface area contributed by atoms with Gasteiger partial charge in [-0.3, -0.25) is 0 Å². The normalized spacial score (nSPS) is 12.0. The number of aromatic nitrogens is 2. The van der Waals surface area contributed by atoms with Gasteiger partial charge >= 0.3 is 6.18 Å². The highest BCUT2D eigenvalue weighted by atomic mass is 19.4. The van der Waals surface area contributed by atoms with Gasteiger partial charge in [-0.15, -0.1) is 0 Å². The maximum absolute atomic E-state index is 13.2. The summed E-state index contributed by atoms with van der Waals surface area (Å²) in [6.07, 6.45) is 1.74. The molecule has 0 spiro atoms. The molecule has 0 radical (unpaired) electrons. The molecule has 0 aliphatic heterocycles. The Bertz CT molecular complexity index is 789. The van der Waals surface area contributed by atoms with Crippen LogP contribution >= 0.6 is 0 Å². The van der Waals surface area contributed by atoms with Crippen LogP contribution in [0.3, 0.4) is 0 Å². The van der Waals surface area contributed by atoms with Gasteiger partial charge in [-0.25, -0.2) is 4.98 Å². The number of alkyl halides is 3. The third-order valence-corrected chi connectivity index (χ3v) is 3.05. The number of aldehydes is 1. The van der Waals surface area contributed by atoms with Crippen LogP contribution in [0.15, 0.2) is 41.5 Å². The van der Waals surface area contributed by atoms with E-state index in [1.54, 1.807) is 6.07 Å². The van der Waals surface area contributed by atoms with Crippen molar-refractivity contribution in [3.63, 3.8) is 0 Å². The highest BCUT2D eigenvalue weighted by molar-refractivity contribution is 5.67. The third kappa shape index (κ3) is 2.42. The van der Waals surface area contributed by atoms with E-state index in [2.05, 4.69) is 4.98 Å². The number of hydrogen-bond donors (Lipinski definition) is 0. The van der Waals surface area contributed by atoms with Crippen LogP contribution < -0.4 is 0 Å². The molecule has 0 bridgehead atoms. The van der Waals surface area contributed by atoms with Gasteiger partial charge in [0.2, 0.25) is 0 Å². The van der Waals surface area contributed by atoms with Gasteiger partial charge in [-0.2, -0.15) is 13.2 Å². The maximum atomic E-state index is 13.2. The number of imidazole rings is 1. The number of pyridine rings is 1. The smallest absolute Gasteiger partial charge is 0.420 e. The van der Waals surface area contributed by atoms with Crippen LogP contribution in [0.5, 0.6) is 0 Å². The summed E-state index contributed by atoms with van der Waals surface area (Å²) < 4.78 is 45.7. The second kappa shape index (κ2) is 4.76. The Morgan fingerprint density at radius 3 is 2.71 bits per heavy atom. The molecule has 0 N–H and O–H groups in total. The molecule has 7 heteroatoms. The standard InChI is InChI=1S/C14H9F3N2O2/c15-14(16,17)12-5-10(9-2-4-21-8-9)6-19-7-11(1-3-20)18-13(12)19/h2-8H,1H2. The van der Waals surface area contributed by atoms with E-state index in [0.717, 1.165) is 6.07 Å². The second-order valence-corrected chi connectivity index (χ2v) is 4.49. The minimum atomic E-state index is -4.54. The molecule has 108 valence electrons. The summed E-state index contributed by atoms with van der Waals surface area (Å²) in [5.74, 6) is 0. The van der Waals surface area contributed by atoms with E-state index in [0.29, 0.717) is 23.1 Å². The van der Waals surface area contributed by atoms with Gasteiger partial charge in [-0.05, 0) is 12.1 Å². The lowest BCUT2D eigenvalue weighted by Gasteiger charge is -2.10.